The first-order chi connectivity index (χ1) is 14.3. The number of halogens is 1. The molecule has 0 saturated carbocycles. The van der Waals surface area contributed by atoms with E-state index >= 15 is 0 Å². The van der Waals surface area contributed by atoms with E-state index in [0.29, 0.717) is 5.69 Å². The number of benzene rings is 2. The summed E-state index contributed by atoms with van der Waals surface area (Å²) in [7, 11) is 0. The third-order valence-corrected chi connectivity index (χ3v) is 6.63. The number of rotatable bonds is 3. The lowest BCUT2D eigenvalue weighted by atomic mass is 9.95. The number of hydrogen-bond acceptors (Lipinski definition) is 3. The fraction of sp³-hybridized carbons (Fsp3) is 0.391. The molecule has 2 aliphatic heterocycles. The Labute approximate surface area is 182 Å². The number of nitrogens with one attached hydrogen (secondary N) is 2. The maximum atomic E-state index is 13.6. The van der Waals surface area contributed by atoms with Crippen molar-refractivity contribution < 1.29 is 14.5 Å². The van der Waals surface area contributed by atoms with Crippen molar-refractivity contribution in [2.75, 3.05) is 41.3 Å². The van der Waals surface area contributed by atoms with Crippen LogP contribution in [-0.2, 0) is 9.59 Å². The molecule has 2 aliphatic rings. The Balaban J connectivity index is 1.52. The predicted octanol–water partition coefficient (Wildman–Crippen LogP) is 2.20. The van der Waals surface area contributed by atoms with Crippen LogP contribution in [0.25, 0.3) is 0 Å². The van der Waals surface area contributed by atoms with Crippen LogP contribution in [-0.4, -0.2) is 49.6 Å². The van der Waals surface area contributed by atoms with Crippen LogP contribution < -0.4 is 20.0 Å². The second-order valence-corrected chi connectivity index (χ2v) is 8.93. The first-order valence-corrected chi connectivity index (χ1v) is 10.8. The SMILES string of the molecule is C[C@@H](C(=O)N1c2ccccc2NC(=O)C1(C)C)[NH+]1CCN(c2ccccc2Cl)CC1. The van der Waals surface area contributed by atoms with E-state index in [1.807, 2.05) is 55.5 Å². The molecule has 0 radical (unpaired) electrons. The lowest BCUT2D eigenvalue weighted by Gasteiger charge is -2.44. The highest BCUT2D eigenvalue weighted by molar-refractivity contribution is 6.33. The molecule has 1 saturated heterocycles. The van der Waals surface area contributed by atoms with Crippen molar-refractivity contribution in [1.82, 2.24) is 0 Å². The summed E-state index contributed by atoms with van der Waals surface area (Å²) in [6, 6.07) is 15.1. The van der Waals surface area contributed by atoms with Crippen LogP contribution in [0.1, 0.15) is 20.8 Å². The van der Waals surface area contributed by atoms with E-state index in [1.165, 1.54) is 4.90 Å². The van der Waals surface area contributed by atoms with Gasteiger partial charge in [-0.3, -0.25) is 14.5 Å². The number of amides is 2. The largest absolute Gasteiger partial charge is 0.359 e. The molecule has 2 N–H and O–H groups in total. The van der Waals surface area contributed by atoms with Gasteiger partial charge in [0.15, 0.2) is 6.04 Å². The maximum absolute atomic E-state index is 13.6. The highest BCUT2D eigenvalue weighted by Gasteiger charge is 2.46. The van der Waals surface area contributed by atoms with Gasteiger partial charge in [-0.2, -0.15) is 0 Å². The van der Waals surface area contributed by atoms with Gasteiger partial charge in [0.25, 0.3) is 5.91 Å². The maximum Gasteiger partial charge on any atom is 0.285 e. The summed E-state index contributed by atoms with van der Waals surface area (Å²) >= 11 is 6.35. The molecule has 2 aromatic rings. The molecule has 158 valence electrons. The van der Waals surface area contributed by atoms with Gasteiger partial charge in [-0.05, 0) is 45.0 Å². The molecule has 6 nitrogen and oxygen atoms in total. The third kappa shape index (κ3) is 3.55. The monoisotopic (exact) mass is 427 g/mol. The van der Waals surface area contributed by atoms with Crippen LogP contribution >= 0.6 is 11.6 Å². The molecule has 1 fully saturated rings. The van der Waals surface area contributed by atoms with Gasteiger partial charge in [0, 0.05) is 0 Å². The minimum absolute atomic E-state index is 0.0245. The third-order valence-electron chi connectivity index (χ3n) is 6.31. The molecule has 4 rings (SSSR count). The predicted molar refractivity (Wildman–Crippen MR) is 120 cm³/mol. The Hall–Kier alpha value is -2.57. The lowest BCUT2D eigenvalue weighted by molar-refractivity contribution is -0.914. The first kappa shape index (κ1) is 20.7. The average molecular weight is 428 g/mol. The molecule has 0 bridgehead atoms. The molecular formula is C23H28ClN4O2+. The Morgan fingerprint density at radius 2 is 1.67 bits per heavy atom. The molecule has 30 heavy (non-hydrogen) atoms. The Morgan fingerprint density at radius 3 is 2.33 bits per heavy atom. The minimum atomic E-state index is -0.946. The van der Waals surface area contributed by atoms with Crippen LogP contribution in [0.2, 0.25) is 5.02 Å². The highest BCUT2D eigenvalue weighted by atomic mass is 35.5. The van der Waals surface area contributed by atoms with Gasteiger partial charge in [0.05, 0.1) is 48.3 Å². The van der Waals surface area contributed by atoms with E-state index in [4.69, 9.17) is 11.6 Å². The van der Waals surface area contributed by atoms with Crippen molar-refractivity contribution >= 4 is 40.5 Å². The molecule has 2 aromatic carbocycles. The molecule has 2 amide bonds. The zero-order chi connectivity index (χ0) is 21.5. The number of hydrogen-bond donors (Lipinski definition) is 2. The number of piperazine rings is 1. The van der Waals surface area contributed by atoms with Crippen molar-refractivity contribution in [3.8, 4) is 0 Å². The van der Waals surface area contributed by atoms with Gasteiger partial charge in [-0.1, -0.05) is 35.9 Å². The van der Waals surface area contributed by atoms with Crippen molar-refractivity contribution in [2.45, 2.75) is 32.4 Å². The number of fused-ring (bicyclic) bond motifs is 1. The molecule has 2 heterocycles. The smallest absolute Gasteiger partial charge is 0.285 e. The van der Waals surface area contributed by atoms with Gasteiger partial charge in [0.2, 0.25) is 5.91 Å². The first-order valence-electron chi connectivity index (χ1n) is 10.4. The van der Waals surface area contributed by atoms with Crippen molar-refractivity contribution in [2.24, 2.45) is 0 Å². The number of quaternary nitrogens is 1. The van der Waals surface area contributed by atoms with Crippen molar-refractivity contribution in [3.05, 3.63) is 53.6 Å². The number of para-hydroxylation sites is 3. The standard InChI is InChI=1S/C23H27ClN4O2/c1-16(26-12-14-27(15-13-26)19-10-6-4-8-17(19)24)21(29)28-20-11-7-5-9-18(20)25-22(30)23(28,2)3/h4-11,16H,12-15H2,1-3H3,(H,25,30)/p+1/t16-/m0/s1. The quantitative estimate of drug-likeness (QED) is 0.789. The van der Waals surface area contributed by atoms with E-state index in [0.717, 1.165) is 42.6 Å². The summed E-state index contributed by atoms with van der Waals surface area (Å²) in [5.74, 6) is -0.191. The molecule has 0 spiro atoms. The van der Waals surface area contributed by atoms with Crippen molar-refractivity contribution in [3.63, 3.8) is 0 Å². The average Bonchev–Trinajstić information content (AvgIpc) is 2.74. The van der Waals surface area contributed by atoms with Gasteiger partial charge in [-0.25, -0.2) is 0 Å². The molecule has 0 unspecified atom stereocenters. The molecular weight excluding hydrogens is 400 g/mol. The fourth-order valence-corrected chi connectivity index (χ4v) is 4.65. The molecule has 1 atom stereocenters. The fourth-order valence-electron chi connectivity index (χ4n) is 4.39. The summed E-state index contributed by atoms with van der Waals surface area (Å²) in [6.07, 6.45) is 0. The molecule has 0 aliphatic carbocycles. The molecule has 7 heteroatoms. The van der Waals surface area contributed by atoms with Gasteiger partial charge in [-0.15, -0.1) is 0 Å². The lowest BCUT2D eigenvalue weighted by Crippen LogP contribution is -3.19. The van der Waals surface area contributed by atoms with E-state index in [-0.39, 0.29) is 17.9 Å². The number of carbonyl (C=O) groups excluding carboxylic acids is 2. The molecule has 0 aromatic heterocycles. The zero-order valence-electron chi connectivity index (χ0n) is 17.6. The number of carbonyl (C=O) groups is 2. The topological polar surface area (TPSA) is 57.1 Å². The van der Waals surface area contributed by atoms with Crippen molar-refractivity contribution in [1.29, 1.82) is 0 Å². The second-order valence-electron chi connectivity index (χ2n) is 8.52. The second kappa shape index (κ2) is 7.93. The number of nitrogens with zero attached hydrogens (tertiary/aromatic N) is 2. The summed E-state index contributed by atoms with van der Waals surface area (Å²) in [5, 5.41) is 3.68. The summed E-state index contributed by atoms with van der Waals surface area (Å²) in [5.41, 5.74) is 1.53. The summed E-state index contributed by atoms with van der Waals surface area (Å²) in [4.78, 5) is 31.5. The Kier molecular flexibility index (Phi) is 5.47. The van der Waals surface area contributed by atoms with Crippen LogP contribution in [0.3, 0.4) is 0 Å². The minimum Gasteiger partial charge on any atom is -0.359 e. The van der Waals surface area contributed by atoms with Crippen LogP contribution in [0.15, 0.2) is 48.5 Å². The number of anilines is 3. The van der Waals surface area contributed by atoms with E-state index < -0.39 is 5.54 Å². The van der Waals surface area contributed by atoms with Crippen LogP contribution in [0, 0.1) is 0 Å². The van der Waals surface area contributed by atoms with E-state index in [2.05, 4.69) is 10.2 Å². The van der Waals surface area contributed by atoms with E-state index in [1.54, 1.807) is 18.7 Å². The van der Waals surface area contributed by atoms with Crippen LogP contribution in [0.5, 0.6) is 0 Å². The summed E-state index contributed by atoms with van der Waals surface area (Å²) < 4.78 is 0. The zero-order valence-corrected chi connectivity index (χ0v) is 18.4. The summed E-state index contributed by atoms with van der Waals surface area (Å²) in [6.45, 7) is 8.89. The van der Waals surface area contributed by atoms with Gasteiger partial charge in [0.1, 0.15) is 5.54 Å². The van der Waals surface area contributed by atoms with Gasteiger partial charge >= 0.3 is 0 Å². The van der Waals surface area contributed by atoms with Crippen LogP contribution in [0.4, 0.5) is 17.1 Å². The highest BCUT2D eigenvalue weighted by Crippen LogP contribution is 2.37. The van der Waals surface area contributed by atoms with Gasteiger partial charge < -0.3 is 15.1 Å². The normalized spacial score (nSPS) is 19.8. The Bertz CT molecular complexity index is 969. The van der Waals surface area contributed by atoms with E-state index in [9.17, 15) is 9.59 Å². The Morgan fingerprint density at radius 1 is 1.07 bits per heavy atom.